The number of H-pyrrole nitrogens is 1. The molecular formula is C16H15N5O2. The summed E-state index contributed by atoms with van der Waals surface area (Å²) in [6.07, 6.45) is 1.52. The molecule has 2 aromatic heterocycles. The Bertz CT molecular complexity index is 811. The Labute approximate surface area is 132 Å². The van der Waals surface area contributed by atoms with E-state index in [0.29, 0.717) is 5.95 Å². The predicted octanol–water partition coefficient (Wildman–Crippen LogP) is 1.71. The first-order valence-corrected chi connectivity index (χ1v) is 7.11. The molecule has 3 rings (SSSR count). The fourth-order valence-corrected chi connectivity index (χ4v) is 2.07. The number of carbonyl (C=O) groups is 2. The molecule has 0 bridgehead atoms. The Hall–Kier alpha value is -3.22. The van der Waals surface area contributed by atoms with Gasteiger partial charge in [-0.2, -0.15) is 0 Å². The highest BCUT2D eigenvalue weighted by molar-refractivity contribution is 6.00. The van der Waals surface area contributed by atoms with E-state index >= 15 is 0 Å². The number of aromatic nitrogens is 3. The molecule has 23 heavy (non-hydrogen) atoms. The van der Waals surface area contributed by atoms with Gasteiger partial charge in [-0.05, 0) is 31.2 Å². The highest BCUT2D eigenvalue weighted by atomic mass is 16.2. The lowest BCUT2D eigenvalue weighted by Gasteiger charge is -2.12. The predicted molar refractivity (Wildman–Crippen MR) is 85.9 cm³/mol. The minimum absolute atomic E-state index is 0.260. The van der Waals surface area contributed by atoms with Crippen molar-refractivity contribution in [2.45, 2.75) is 13.0 Å². The van der Waals surface area contributed by atoms with E-state index in [1.807, 2.05) is 24.3 Å². The van der Waals surface area contributed by atoms with Crippen molar-refractivity contribution in [2.75, 3.05) is 5.32 Å². The molecule has 7 nitrogen and oxygen atoms in total. The van der Waals surface area contributed by atoms with Crippen LogP contribution in [0.4, 0.5) is 5.95 Å². The number of nitrogens with zero attached hydrogens (tertiary/aromatic N) is 2. The smallest absolute Gasteiger partial charge is 0.270 e. The van der Waals surface area contributed by atoms with E-state index in [1.54, 1.807) is 25.1 Å². The Morgan fingerprint density at radius 2 is 1.91 bits per heavy atom. The Morgan fingerprint density at radius 3 is 2.65 bits per heavy atom. The molecule has 3 N–H and O–H groups in total. The molecule has 0 saturated heterocycles. The average molecular weight is 309 g/mol. The second-order valence-electron chi connectivity index (χ2n) is 5.00. The van der Waals surface area contributed by atoms with Gasteiger partial charge in [0.2, 0.25) is 11.9 Å². The van der Waals surface area contributed by atoms with Crippen LogP contribution < -0.4 is 10.6 Å². The van der Waals surface area contributed by atoms with Gasteiger partial charge in [-0.15, -0.1) is 0 Å². The SMILES string of the molecule is C[C@@H](NC(=O)c1ccccn1)C(=O)Nc1nc2ccccc2[nH]1. The summed E-state index contributed by atoms with van der Waals surface area (Å²) in [5.74, 6) is -0.429. The van der Waals surface area contributed by atoms with Crippen LogP contribution in [0.1, 0.15) is 17.4 Å². The second-order valence-corrected chi connectivity index (χ2v) is 5.00. The average Bonchev–Trinajstić information content (AvgIpc) is 2.97. The van der Waals surface area contributed by atoms with Crippen molar-refractivity contribution in [3.63, 3.8) is 0 Å². The van der Waals surface area contributed by atoms with E-state index in [-0.39, 0.29) is 11.6 Å². The number of imidazole rings is 1. The van der Waals surface area contributed by atoms with Crippen LogP contribution in [0.25, 0.3) is 11.0 Å². The van der Waals surface area contributed by atoms with Crippen molar-refractivity contribution in [3.8, 4) is 0 Å². The zero-order valence-electron chi connectivity index (χ0n) is 12.4. The standard InChI is InChI=1S/C16H15N5O2/c1-10(18-15(23)13-8-4-5-9-17-13)14(22)21-16-19-11-6-2-3-7-12(11)20-16/h2-10H,1H3,(H,18,23)(H2,19,20,21,22)/t10-/m1/s1. The number of para-hydroxylation sites is 2. The number of benzene rings is 1. The molecule has 2 heterocycles. The van der Waals surface area contributed by atoms with Gasteiger partial charge in [0.15, 0.2) is 0 Å². The lowest BCUT2D eigenvalue weighted by molar-refractivity contribution is -0.117. The van der Waals surface area contributed by atoms with E-state index < -0.39 is 11.9 Å². The van der Waals surface area contributed by atoms with Crippen LogP contribution >= 0.6 is 0 Å². The maximum Gasteiger partial charge on any atom is 0.270 e. The van der Waals surface area contributed by atoms with Crippen LogP contribution in [-0.4, -0.2) is 32.8 Å². The number of carbonyl (C=O) groups excluding carboxylic acids is 2. The van der Waals surface area contributed by atoms with Gasteiger partial charge in [-0.25, -0.2) is 4.98 Å². The molecule has 0 unspecified atom stereocenters. The van der Waals surface area contributed by atoms with Gasteiger partial charge in [-0.3, -0.25) is 19.9 Å². The molecular weight excluding hydrogens is 294 g/mol. The lowest BCUT2D eigenvalue weighted by atomic mass is 10.2. The molecule has 7 heteroatoms. The zero-order chi connectivity index (χ0) is 16.2. The third-order valence-electron chi connectivity index (χ3n) is 3.27. The summed E-state index contributed by atoms with van der Waals surface area (Å²) >= 11 is 0. The number of aromatic amines is 1. The summed E-state index contributed by atoms with van der Waals surface area (Å²) < 4.78 is 0. The fraction of sp³-hybridized carbons (Fsp3) is 0.125. The molecule has 1 atom stereocenters. The number of fused-ring (bicyclic) bond motifs is 1. The summed E-state index contributed by atoms with van der Waals surface area (Å²) in [5, 5.41) is 5.24. The third-order valence-corrected chi connectivity index (χ3v) is 3.27. The van der Waals surface area contributed by atoms with Crippen LogP contribution in [-0.2, 0) is 4.79 Å². The maximum absolute atomic E-state index is 12.1. The molecule has 3 aromatic rings. The normalized spacial score (nSPS) is 11.9. The van der Waals surface area contributed by atoms with E-state index in [2.05, 4.69) is 25.6 Å². The molecule has 0 saturated carbocycles. The van der Waals surface area contributed by atoms with Crippen molar-refractivity contribution >= 4 is 28.8 Å². The Morgan fingerprint density at radius 1 is 1.13 bits per heavy atom. The van der Waals surface area contributed by atoms with Gasteiger partial charge in [0, 0.05) is 6.20 Å². The summed E-state index contributed by atoms with van der Waals surface area (Å²) in [4.78, 5) is 35.3. The van der Waals surface area contributed by atoms with Gasteiger partial charge in [0.05, 0.1) is 11.0 Å². The fourth-order valence-electron chi connectivity index (χ4n) is 2.07. The highest BCUT2D eigenvalue weighted by Gasteiger charge is 2.18. The van der Waals surface area contributed by atoms with E-state index in [1.165, 1.54) is 6.20 Å². The van der Waals surface area contributed by atoms with Gasteiger partial charge in [-0.1, -0.05) is 18.2 Å². The summed E-state index contributed by atoms with van der Waals surface area (Å²) in [6.45, 7) is 1.60. The number of anilines is 1. The van der Waals surface area contributed by atoms with Gasteiger partial charge in [0.1, 0.15) is 11.7 Å². The maximum atomic E-state index is 12.1. The van der Waals surface area contributed by atoms with E-state index in [0.717, 1.165) is 11.0 Å². The van der Waals surface area contributed by atoms with Gasteiger partial charge in [0.25, 0.3) is 5.91 Å². The summed E-state index contributed by atoms with van der Waals surface area (Å²) in [7, 11) is 0. The van der Waals surface area contributed by atoms with E-state index in [4.69, 9.17) is 0 Å². The van der Waals surface area contributed by atoms with Crippen LogP contribution in [0.5, 0.6) is 0 Å². The van der Waals surface area contributed by atoms with Gasteiger partial charge >= 0.3 is 0 Å². The quantitative estimate of drug-likeness (QED) is 0.683. The van der Waals surface area contributed by atoms with Crippen molar-refractivity contribution in [1.82, 2.24) is 20.3 Å². The van der Waals surface area contributed by atoms with Crippen molar-refractivity contribution in [3.05, 3.63) is 54.4 Å². The zero-order valence-corrected chi connectivity index (χ0v) is 12.4. The number of rotatable bonds is 4. The first kappa shape index (κ1) is 14.7. The molecule has 2 amide bonds. The number of hydrogen-bond donors (Lipinski definition) is 3. The van der Waals surface area contributed by atoms with Crippen LogP contribution in [0.2, 0.25) is 0 Å². The molecule has 0 aliphatic rings. The number of hydrogen-bond acceptors (Lipinski definition) is 4. The molecule has 0 aliphatic heterocycles. The van der Waals surface area contributed by atoms with Crippen molar-refractivity contribution in [1.29, 1.82) is 0 Å². The van der Waals surface area contributed by atoms with E-state index in [9.17, 15) is 9.59 Å². The molecule has 116 valence electrons. The van der Waals surface area contributed by atoms with Crippen LogP contribution in [0, 0.1) is 0 Å². The topological polar surface area (TPSA) is 99.8 Å². The number of amides is 2. The first-order valence-electron chi connectivity index (χ1n) is 7.11. The molecule has 0 radical (unpaired) electrons. The summed E-state index contributed by atoms with van der Waals surface area (Å²) in [5.41, 5.74) is 1.84. The largest absolute Gasteiger partial charge is 0.339 e. The lowest BCUT2D eigenvalue weighted by Crippen LogP contribution is -2.42. The molecule has 0 fully saturated rings. The Kier molecular flexibility index (Phi) is 4.01. The molecule has 0 spiro atoms. The highest BCUT2D eigenvalue weighted by Crippen LogP contribution is 2.13. The minimum atomic E-state index is -0.724. The van der Waals surface area contributed by atoms with Crippen molar-refractivity contribution in [2.24, 2.45) is 0 Å². The Balaban J connectivity index is 1.64. The third kappa shape index (κ3) is 3.34. The molecule has 1 aromatic carbocycles. The second kappa shape index (κ2) is 6.27. The van der Waals surface area contributed by atoms with Crippen LogP contribution in [0.3, 0.4) is 0 Å². The monoisotopic (exact) mass is 309 g/mol. The van der Waals surface area contributed by atoms with Crippen molar-refractivity contribution < 1.29 is 9.59 Å². The number of nitrogens with one attached hydrogen (secondary N) is 3. The molecule has 0 aliphatic carbocycles. The first-order chi connectivity index (χ1) is 11.1. The van der Waals surface area contributed by atoms with Crippen LogP contribution in [0.15, 0.2) is 48.7 Å². The minimum Gasteiger partial charge on any atom is -0.339 e. The number of pyridine rings is 1. The van der Waals surface area contributed by atoms with Gasteiger partial charge < -0.3 is 10.3 Å². The summed E-state index contributed by atoms with van der Waals surface area (Å²) in [6, 6.07) is 11.7.